The third-order valence-corrected chi connectivity index (χ3v) is 5.52. The molecule has 0 saturated carbocycles. The van der Waals surface area contributed by atoms with Crippen LogP contribution < -0.4 is 10.1 Å². The van der Waals surface area contributed by atoms with Gasteiger partial charge < -0.3 is 10.1 Å². The number of rotatable bonds is 5. The highest BCUT2D eigenvalue weighted by atomic mass is 32.2. The standard InChI is InChI=1S/C15H24N2O3S/c1-15(2)11-13(12-7-5-6-8-14(12)20-15)16-9-10-21(18,19)17(3)4/h5-8,13,16H,9-11H2,1-4H3. The Morgan fingerprint density at radius 2 is 2.00 bits per heavy atom. The predicted molar refractivity (Wildman–Crippen MR) is 84.0 cm³/mol. The summed E-state index contributed by atoms with van der Waals surface area (Å²) in [7, 11) is -0.0501. The van der Waals surface area contributed by atoms with E-state index in [0.717, 1.165) is 17.7 Å². The minimum Gasteiger partial charge on any atom is -0.487 e. The lowest BCUT2D eigenvalue weighted by molar-refractivity contribution is 0.0665. The van der Waals surface area contributed by atoms with Crippen molar-refractivity contribution in [2.24, 2.45) is 0 Å². The third kappa shape index (κ3) is 3.96. The van der Waals surface area contributed by atoms with E-state index in [1.165, 1.54) is 4.31 Å². The van der Waals surface area contributed by atoms with Gasteiger partial charge in [-0.3, -0.25) is 0 Å². The highest BCUT2D eigenvalue weighted by Crippen LogP contribution is 2.38. The summed E-state index contributed by atoms with van der Waals surface area (Å²) in [5, 5.41) is 3.36. The summed E-state index contributed by atoms with van der Waals surface area (Å²) in [6.07, 6.45) is 0.812. The first kappa shape index (κ1) is 16.3. The summed E-state index contributed by atoms with van der Waals surface area (Å²) >= 11 is 0. The number of hydrogen-bond acceptors (Lipinski definition) is 4. The van der Waals surface area contributed by atoms with Crippen molar-refractivity contribution in [3.63, 3.8) is 0 Å². The molecular weight excluding hydrogens is 288 g/mol. The average Bonchev–Trinajstić information content (AvgIpc) is 2.37. The maximum absolute atomic E-state index is 11.8. The molecule has 21 heavy (non-hydrogen) atoms. The summed E-state index contributed by atoms with van der Waals surface area (Å²) in [6, 6.07) is 8.03. The molecule has 2 rings (SSSR count). The van der Waals surface area contributed by atoms with Crippen LogP contribution in [0.3, 0.4) is 0 Å². The van der Waals surface area contributed by atoms with Crippen molar-refractivity contribution in [3.05, 3.63) is 29.8 Å². The second-order valence-corrected chi connectivity index (χ2v) is 8.51. The van der Waals surface area contributed by atoms with E-state index in [-0.39, 0.29) is 17.4 Å². The molecule has 0 bridgehead atoms. The van der Waals surface area contributed by atoms with Crippen molar-refractivity contribution in [1.82, 2.24) is 9.62 Å². The van der Waals surface area contributed by atoms with Gasteiger partial charge >= 0.3 is 0 Å². The first-order chi connectivity index (χ1) is 9.71. The lowest BCUT2D eigenvalue weighted by atomic mass is 9.90. The molecule has 1 aliphatic heterocycles. The molecule has 0 fully saturated rings. The lowest BCUT2D eigenvalue weighted by Gasteiger charge is -2.38. The van der Waals surface area contributed by atoms with Gasteiger partial charge in [-0.2, -0.15) is 0 Å². The van der Waals surface area contributed by atoms with Crippen LogP contribution in [-0.4, -0.2) is 44.7 Å². The van der Waals surface area contributed by atoms with Gasteiger partial charge in [-0.15, -0.1) is 0 Å². The Morgan fingerprint density at radius 3 is 2.67 bits per heavy atom. The number of sulfonamides is 1. The Labute approximate surface area is 127 Å². The Kier molecular flexibility index (Phi) is 4.60. The van der Waals surface area contributed by atoms with Crippen molar-refractivity contribution in [2.75, 3.05) is 26.4 Å². The fraction of sp³-hybridized carbons (Fsp3) is 0.600. The Hall–Kier alpha value is -1.11. The van der Waals surface area contributed by atoms with Gasteiger partial charge in [0.2, 0.25) is 10.0 Å². The molecule has 1 unspecified atom stereocenters. The van der Waals surface area contributed by atoms with Crippen LogP contribution in [0.25, 0.3) is 0 Å². The van der Waals surface area contributed by atoms with E-state index in [1.54, 1.807) is 14.1 Å². The van der Waals surface area contributed by atoms with Gasteiger partial charge in [-0.1, -0.05) is 18.2 Å². The molecule has 1 aliphatic rings. The molecule has 5 nitrogen and oxygen atoms in total. The minimum absolute atomic E-state index is 0.0972. The van der Waals surface area contributed by atoms with Crippen molar-refractivity contribution in [2.45, 2.75) is 31.9 Å². The molecule has 1 atom stereocenters. The molecule has 0 spiro atoms. The van der Waals surface area contributed by atoms with E-state index in [2.05, 4.69) is 5.32 Å². The Bertz CT molecular complexity index is 597. The highest BCUT2D eigenvalue weighted by Gasteiger charge is 2.33. The largest absolute Gasteiger partial charge is 0.487 e. The zero-order chi connectivity index (χ0) is 15.7. The van der Waals surface area contributed by atoms with Crippen LogP contribution in [0.15, 0.2) is 24.3 Å². The lowest BCUT2D eigenvalue weighted by Crippen LogP contribution is -2.41. The van der Waals surface area contributed by atoms with E-state index in [1.807, 2.05) is 38.1 Å². The molecule has 0 aliphatic carbocycles. The number of para-hydroxylation sites is 1. The molecule has 1 N–H and O–H groups in total. The second-order valence-electron chi connectivity index (χ2n) is 6.21. The molecular formula is C15H24N2O3S. The fourth-order valence-electron chi connectivity index (χ4n) is 2.53. The van der Waals surface area contributed by atoms with Gasteiger partial charge in [0, 0.05) is 38.7 Å². The zero-order valence-corrected chi connectivity index (χ0v) is 13.9. The van der Waals surface area contributed by atoms with Crippen LogP contribution >= 0.6 is 0 Å². The number of hydrogen-bond donors (Lipinski definition) is 1. The summed E-state index contributed by atoms with van der Waals surface area (Å²) < 4.78 is 30.8. The topological polar surface area (TPSA) is 58.6 Å². The summed E-state index contributed by atoms with van der Waals surface area (Å²) in [6.45, 7) is 4.53. The van der Waals surface area contributed by atoms with E-state index in [4.69, 9.17) is 4.74 Å². The van der Waals surface area contributed by atoms with E-state index >= 15 is 0 Å². The van der Waals surface area contributed by atoms with E-state index in [9.17, 15) is 8.42 Å². The first-order valence-corrected chi connectivity index (χ1v) is 8.74. The smallest absolute Gasteiger partial charge is 0.214 e. The maximum atomic E-state index is 11.8. The minimum atomic E-state index is -3.17. The number of fused-ring (bicyclic) bond motifs is 1. The Morgan fingerprint density at radius 1 is 1.33 bits per heavy atom. The molecule has 0 amide bonds. The van der Waals surface area contributed by atoms with Gasteiger partial charge in [0.1, 0.15) is 11.4 Å². The number of benzene rings is 1. The zero-order valence-electron chi connectivity index (χ0n) is 13.1. The summed E-state index contributed by atoms with van der Waals surface area (Å²) in [5.41, 5.74) is 0.839. The quantitative estimate of drug-likeness (QED) is 0.900. The first-order valence-electron chi connectivity index (χ1n) is 7.13. The molecule has 0 radical (unpaired) electrons. The number of ether oxygens (including phenoxy) is 1. The summed E-state index contributed by atoms with van der Waals surface area (Å²) in [5.74, 6) is 0.974. The normalized spacial score (nSPS) is 20.9. The molecule has 6 heteroatoms. The molecule has 118 valence electrons. The van der Waals surface area contributed by atoms with Crippen LogP contribution in [0.5, 0.6) is 5.75 Å². The van der Waals surface area contributed by atoms with Crippen molar-refractivity contribution < 1.29 is 13.2 Å². The van der Waals surface area contributed by atoms with E-state index < -0.39 is 10.0 Å². The maximum Gasteiger partial charge on any atom is 0.214 e. The van der Waals surface area contributed by atoms with Crippen LogP contribution in [-0.2, 0) is 10.0 Å². The fourth-order valence-corrected chi connectivity index (χ4v) is 3.27. The van der Waals surface area contributed by atoms with E-state index in [0.29, 0.717) is 6.54 Å². The molecule has 0 aromatic heterocycles. The monoisotopic (exact) mass is 312 g/mol. The van der Waals surface area contributed by atoms with Crippen molar-refractivity contribution >= 4 is 10.0 Å². The van der Waals surface area contributed by atoms with Gasteiger partial charge in [-0.25, -0.2) is 12.7 Å². The molecule has 1 heterocycles. The highest BCUT2D eigenvalue weighted by molar-refractivity contribution is 7.89. The van der Waals surface area contributed by atoms with Gasteiger partial charge in [0.05, 0.1) is 5.75 Å². The molecule has 0 saturated heterocycles. The van der Waals surface area contributed by atoms with Gasteiger partial charge in [0.25, 0.3) is 0 Å². The van der Waals surface area contributed by atoms with Gasteiger partial charge in [-0.05, 0) is 19.9 Å². The van der Waals surface area contributed by atoms with Crippen LogP contribution in [0.2, 0.25) is 0 Å². The van der Waals surface area contributed by atoms with Crippen LogP contribution in [0.4, 0.5) is 0 Å². The molecule has 1 aromatic rings. The van der Waals surface area contributed by atoms with Crippen LogP contribution in [0, 0.1) is 0 Å². The van der Waals surface area contributed by atoms with Crippen LogP contribution in [0.1, 0.15) is 31.9 Å². The second kappa shape index (κ2) is 5.94. The van der Waals surface area contributed by atoms with Gasteiger partial charge in [0.15, 0.2) is 0 Å². The SMILES string of the molecule is CN(C)S(=O)(=O)CCNC1CC(C)(C)Oc2ccccc21. The summed E-state index contributed by atoms with van der Waals surface area (Å²) in [4.78, 5) is 0. The Balaban J connectivity index is 2.07. The van der Waals surface area contributed by atoms with Crippen molar-refractivity contribution in [3.8, 4) is 5.75 Å². The number of nitrogens with zero attached hydrogens (tertiary/aromatic N) is 1. The van der Waals surface area contributed by atoms with Crippen molar-refractivity contribution in [1.29, 1.82) is 0 Å². The number of nitrogens with one attached hydrogen (secondary N) is 1. The molecule has 1 aromatic carbocycles. The average molecular weight is 312 g/mol. The third-order valence-electron chi connectivity index (χ3n) is 3.68. The predicted octanol–water partition coefficient (Wildman–Crippen LogP) is 1.77.